The third-order valence-electron chi connectivity index (χ3n) is 9.16. The van der Waals surface area contributed by atoms with Gasteiger partial charge in [0.15, 0.2) is 0 Å². The van der Waals surface area contributed by atoms with Crippen molar-refractivity contribution in [1.82, 2.24) is 9.80 Å². The molecule has 1 spiro atoms. The van der Waals surface area contributed by atoms with E-state index in [0.29, 0.717) is 31.6 Å². The Morgan fingerprint density at radius 3 is 2.42 bits per heavy atom. The molecule has 222 valence electrons. The first-order valence-electron chi connectivity index (χ1n) is 14.9. The minimum Gasteiger partial charge on any atom is -0.395 e. The number of fused-ring (bicyclic) bond motifs is 2. The van der Waals surface area contributed by atoms with Crippen LogP contribution in [0.2, 0.25) is 0 Å². The molecule has 3 aliphatic rings. The highest BCUT2D eigenvalue weighted by atomic mass is 16.5. The second-order valence-corrected chi connectivity index (χ2v) is 11.6. The predicted octanol–water partition coefficient (Wildman–Crippen LogP) is 3.94. The van der Waals surface area contributed by atoms with Crippen molar-refractivity contribution in [1.29, 1.82) is 0 Å². The van der Waals surface area contributed by atoms with Crippen LogP contribution in [0.1, 0.15) is 18.4 Å². The van der Waals surface area contributed by atoms with E-state index in [1.54, 1.807) is 22.0 Å². The maximum absolute atomic E-state index is 14.6. The summed E-state index contributed by atoms with van der Waals surface area (Å²) in [6.07, 6.45) is 3.93. The minimum atomic E-state index is -1.16. The number of likely N-dealkylation sites (tertiary alicyclic amines) is 1. The topological polar surface area (TPSA) is 90.4 Å². The fourth-order valence-corrected chi connectivity index (χ4v) is 7.41. The Balaban J connectivity index is 1.36. The lowest BCUT2D eigenvalue weighted by atomic mass is 9.70. The maximum atomic E-state index is 14.6. The normalized spacial score (nSPS) is 25.5. The number of amides is 3. The molecule has 1 N–H and O–H groups in total. The minimum absolute atomic E-state index is 0.0253. The Morgan fingerprint density at radius 2 is 1.70 bits per heavy atom. The van der Waals surface area contributed by atoms with E-state index in [2.05, 4.69) is 13.2 Å². The van der Waals surface area contributed by atoms with E-state index in [-0.39, 0.29) is 37.4 Å². The van der Waals surface area contributed by atoms with E-state index < -0.39 is 29.6 Å². The first-order valence-corrected chi connectivity index (χ1v) is 14.9. The van der Waals surface area contributed by atoms with Gasteiger partial charge in [0.05, 0.1) is 24.5 Å². The summed E-state index contributed by atoms with van der Waals surface area (Å²) >= 11 is 0. The molecule has 0 radical (unpaired) electrons. The molecule has 3 heterocycles. The van der Waals surface area contributed by atoms with Crippen molar-refractivity contribution in [2.24, 2.45) is 11.8 Å². The Kier molecular flexibility index (Phi) is 7.90. The van der Waals surface area contributed by atoms with Gasteiger partial charge >= 0.3 is 0 Å². The molecule has 43 heavy (non-hydrogen) atoms. The summed E-state index contributed by atoms with van der Waals surface area (Å²) in [6, 6.07) is 22.4. The summed E-state index contributed by atoms with van der Waals surface area (Å²) in [6.45, 7) is 8.32. The van der Waals surface area contributed by atoms with Gasteiger partial charge < -0.3 is 24.5 Å². The molecule has 3 amide bonds. The van der Waals surface area contributed by atoms with Gasteiger partial charge in [-0.2, -0.15) is 0 Å². The van der Waals surface area contributed by atoms with Crippen LogP contribution < -0.4 is 4.90 Å². The predicted molar refractivity (Wildman–Crippen MR) is 165 cm³/mol. The number of benzene rings is 3. The highest BCUT2D eigenvalue weighted by molar-refractivity contribution is 6.05. The van der Waals surface area contributed by atoms with Crippen molar-refractivity contribution in [3.63, 3.8) is 0 Å². The molecule has 2 unspecified atom stereocenters. The van der Waals surface area contributed by atoms with Gasteiger partial charge in [0.1, 0.15) is 11.6 Å². The van der Waals surface area contributed by atoms with Crippen molar-refractivity contribution in [2.75, 3.05) is 31.1 Å². The molecule has 3 aromatic rings. The van der Waals surface area contributed by atoms with Gasteiger partial charge in [-0.05, 0) is 41.3 Å². The zero-order valence-electron chi connectivity index (χ0n) is 24.2. The van der Waals surface area contributed by atoms with Gasteiger partial charge in [-0.15, -0.1) is 13.2 Å². The molecule has 5 atom stereocenters. The van der Waals surface area contributed by atoms with Crippen LogP contribution in [0.3, 0.4) is 0 Å². The van der Waals surface area contributed by atoms with Crippen LogP contribution in [0.4, 0.5) is 5.69 Å². The fourth-order valence-electron chi connectivity index (χ4n) is 7.41. The number of aliphatic hydroxyl groups excluding tert-OH is 1. The molecule has 0 aromatic heterocycles. The Bertz CT molecular complexity index is 1560. The van der Waals surface area contributed by atoms with Crippen LogP contribution in [0.25, 0.3) is 10.8 Å². The summed E-state index contributed by atoms with van der Waals surface area (Å²) < 4.78 is 6.62. The van der Waals surface area contributed by atoms with Gasteiger partial charge in [-0.25, -0.2) is 0 Å². The van der Waals surface area contributed by atoms with E-state index in [1.807, 2.05) is 72.8 Å². The van der Waals surface area contributed by atoms with Crippen molar-refractivity contribution in [2.45, 2.75) is 37.1 Å². The summed E-state index contributed by atoms with van der Waals surface area (Å²) in [5.41, 5.74) is 0.497. The van der Waals surface area contributed by atoms with Crippen LogP contribution >= 0.6 is 0 Å². The number of hydrogen-bond donors (Lipinski definition) is 1. The molecule has 3 aliphatic heterocycles. The quantitative estimate of drug-likeness (QED) is 0.348. The third-order valence-corrected chi connectivity index (χ3v) is 9.16. The Hall–Kier alpha value is -4.27. The molecule has 3 aromatic carbocycles. The Labute approximate surface area is 251 Å². The first kappa shape index (κ1) is 28.8. The average Bonchev–Trinajstić information content (AvgIpc) is 3.67. The van der Waals surface area contributed by atoms with Crippen LogP contribution in [-0.4, -0.2) is 76.6 Å². The fraction of sp³-hybridized carbons (Fsp3) is 0.343. The molecular formula is C35H37N3O5. The molecule has 3 saturated heterocycles. The van der Waals surface area contributed by atoms with Gasteiger partial charge in [-0.1, -0.05) is 72.8 Å². The summed E-state index contributed by atoms with van der Waals surface area (Å²) in [4.78, 5) is 47.8. The summed E-state index contributed by atoms with van der Waals surface area (Å²) in [5, 5.41) is 12.0. The van der Waals surface area contributed by atoms with Crippen LogP contribution in [0.5, 0.6) is 0 Å². The highest BCUT2D eigenvalue weighted by Crippen LogP contribution is 2.59. The zero-order valence-corrected chi connectivity index (χ0v) is 24.2. The molecule has 0 aliphatic carbocycles. The lowest BCUT2D eigenvalue weighted by Crippen LogP contribution is -2.57. The zero-order chi connectivity index (χ0) is 30.1. The van der Waals surface area contributed by atoms with Crippen LogP contribution in [-0.2, 0) is 25.7 Å². The number of carbonyl (C=O) groups excluding carboxylic acids is 3. The van der Waals surface area contributed by atoms with E-state index in [4.69, 9.17) is 4.74 Å². The molecule has 8 nitrogen and oxygen atoms in total. The number of rotatable bonds is 11. The number of nitrogens with zero attached hydrogens (tertiary/aromatic N) is 3. The molecule has 2 bridgehead atoms. The van der Waals surface area contributed by atoms with Gasteiger partial charge in [0.2, 0.25) is 11.8 Å². The van der Waals surface area contributed by atoms with Gasteiger partial charge in [0, 0.05) is 31.9 Å². The number of hydrogen-bond acceptors (Lipinski definition) is 5. The SMILES string of the molecule is C=CCN(Cc1ccccc1)C(=O)[C@@H]1[C@@H]2CCC3(O2)C(C(=O)N(CC=C)c2ccc4ccccc4c2)N(CCO)C(=O)[C@H]13. The van der Waals surface area contributed by atoms with E-state index in [0.717, 1.165) is 16.3 Å². The molecule has 8 heteroatoms. The van der Waals surface area contributed by atoms with E-state index in [1.165, 1.54) is 4.90 Å². The van der Waals surface area contributed by atoms with E-state index >= 15 is 0 Å². The second-order valence-electron chi connectivity index (χ2n) is 11.6. The number of anilines is 1. The summed E-state index contributed by atoms with van der Waals surface area (Å²) in [7, 11) is 0. The lowest BCUT2D eigenvalue weighted by molar-refractivity contribution is -0.145. The summed E-state index contributed by atoms with van der Waals surface area (Å²) in [5.74, 6) is -2.34. The molecule has 6 rings (SSSR count). The number of aliphatic hydroxyl groups is 1. The maximum Gasteiger partial charge on any atom is 0.253 e. The second kappa shape index (κ2) is 11.8. The number of carbonyl (C=O) groups is 3. The standard InChI is InChI=1S/C35H37N3O5/c1-3-18-36(23-24-10-6-5-7-11-24)32(40)29-28-16-17-35(43-28)30(29)33(41)38(20-21-39)31(35)34(42)37(19-4-2)27-15-14-25-12-8-9-13-26(25)22-27/h3-15,22,28-31,39H,1-2,16-21,23H2/t28-,29+,30-,31?,35?/m0/s1. The van der Waals surface area contributed by atoms with E-state index in [9.17, 15) is 19.5 Å². The van der Waals surface area contributed by atoms with Crippen molar-refractivity contribution in [3.8, 4) is 0 Å². The van der Waals surface area contributed by atoms with Gasteiger partial charge in [0.25, 0.3) is 5.91 Å². The van der Waals surface area contributed by atoms with Crippen LogP contribution in [0.15, 0.2) is 98.1 Å². The average molecular weight is 580 g/mol. The highest BCUT2D eigenvalue weighted by Gasteiger charge is 2.74. The lowest BCUT2D eigenvalue weighted by Gasteiger charge is -2.37. The van der Waals surface area contributed by atoms with Gasteiger partial charge in [-0.3, -0.25) is 14.4 Å². The largest absolute Gasteiger partial charge is 0.395 e. The van der Waals surface area contributed by atoms with Crippen molar-refractivity contribution >= 4 is 34.2 Å². The molecular weight excluding hydrogens is 542 g/mol. The van der Waals surface area contributed by atoms with Crippen LogP contribution in [0, 0.1) is 11.8 Å². The number of ether oxygens (including phenoxy) is 1. The third kappa shape index (κ3) is 4.84. The van der Waals surface area contributed by atoms with Crippen molar-refractivity contribution in [3.05, 3.63) is 104 Å². The van der Waals surface area contributed by atoms with Crippen molar-refractivity contribution < 1.29 is 24.2 Å². The number of β-amino-alcohol motifs (C(OH)–C–C–N with tert-alkyl or cyclic N) is 1. The smallest absolute Gasteiger partial charge is 0.253 e. The molecule has 3 fully saturated rings. The molecule has 0 saturated carbocycles. The Morgan fingerprint density at radius 1 is 0.977 bits per heavy atom. The monoisotopic (exact) mass is 579 g/mol. The first-order chi connectivity index (χ1) is 20.9.